The summed E-state index contributed by atoms with van der Waals surface area (Å²) in [6, 6.07) is 17.7. The van der Waals surface area contributed by atoms with E-state index in [2.05, 4.69) is 29.6 Å². The highest BCUT2D eigenvalue weighted by Gasteiger charge is 2.12. The van der Waals surface area contributed by atoms with Crippen molar-refractivity contribution < 1.29 is 4.39 Å². The van der Waals surface area contributed by atoms with E-state index in [-0.39, 0.29) is 5.82 Å². The van der Waals surface area contributed by atoms with Gasteiger partial charge in [0.1, 0.15) is 5.82 Å². The Morgan fingerprint density at radius 3 is 2.57 bits per heavy atom. The third-order valence-electron chi connectivity index (χ3n) is 3.82. The molecule has 0 spiro atoms. The van der Waals surface area contributed by atoms with Gasteiger partial charge in [0.05, 0.1) is 0 Å². The van der Waals surface area contributed by atoms with Gasteiger partial charge in [0.2, 0.25) is 0 Å². The molecule has 3 aromatic carbocycles. The zero-order valence-corrected chi connectivity index (χ0v) is 12.3. The Hall–Kier alpha value is -2.19. The third-order valence-corrected chi connectivity index (χ3v) is 3.82. The van der Waals surface area contributed by atoms with Crippen molar-refractivity contribution in [3.63, 3.8) is 0 Å². The minimum Gasteiger partial charge on any atom is -0.316 e. The van der Waals surface area contributed by atoms with Crippen LogP contribution in [0.3, 0.4) is 0 Å². The quantitative estimate of drug-likeness (QED) is 0.734. The van der Waals surface area contributed by atoms with E-state index in [1.54, 1.807) is 6.07 Å². The van der Waals surface area contributed by atoms with Crippen LogP contribution in [0.2, 0.25) is 0 Å². The van der Waals surface area contributed by atoms with Crippen LogP contribution in [0, 0.1) is 12.7 Å². The van der Waals surface area contributed by atoms with Crippen LogP contribution in [0.1, 0.15) is 11.1 Å². The molecule has 0 unspecified atom stereocenters. The average Bonchev–Trinajstić information content (AvgIpc) is 2.49. The predicted molar refractivity (Wildman–Crippen MR) is 86.8 cm³/mol. The lowest BCUT2D eigenvalue weighted by Gasteiger charge is -2.12. The first-order chi connectivity index (χ1) is 10.2. The fourth-order valence-corrected chi connectivity index (χ4v) is 2.81. The van der Waals surface area contributed by atoms with Gasteiger partial charge < -0.3 is 5.32 Å². The maximum atomic E-state index is 14.5. The van der Waals surface area contributed by atoms with Crippen LogP contribution in [-0.2, 0) is 6.54 Å². The van der Waals surface area contributed by atoms with Gasteiger partial charge in [0.25, 0.3) is 0 Å². The molecule has 0 fully saturated rings. The molecule has 3 aromatic rings. The van der Waals surface area contributed by atoms with Gasteiger partial charge in [0.15, 0.2) is 0 Å². The molecule has 0 aliphatic rings. The summed E-state index contributed by atoms with van der Waals surface area (Å²) >= 11 is 0. The Bertz CT molecular complexity index is 793. The first-order valence-corrected chi connectivity index (χ1v) is 7.12. The Labute approximate surface area is 124 Å². The van der Waals surface area contributed by atoms with E-state index in [9.17, 15) is 4.39 Å². The maximum Gasteiger partial charge on any atom is 0.131 e. The summed E-state index contributed by atoms with van der Waals surface area (Å²) in [6.07, 6.45) is 0. The largest absolute Gasteiger partial charge is 0.316 e. The molecular weight excluding hydrogens is 261 g/mol. The molecule has 0 amide bonds. The molecule has 0 saturated heterocycles. The molecule has 0 bridgehead atoms. The number of hydrogen-bond donors (Lipinski definition) is 1. The summed E-state index contributed by atoms with van der Waals surface area (Å²) in [4.78, 5) is 0. The Balaban J connectivity index is 2.23. The number of aryl methyl sites for hydroxylation is 1. The van der Waals surface area contributed by atoms with Crippen molar-refractivity contribution in [2.24, 2.45) is 0 Å². The Kier molecular flexibility index (Phi) is 3.72. The molecule has 0 radical (unpaired) electrons. The molecule has 0 heterocycles. The first-order valence-electron chi connectivity index (χ1n) is 7.12. The topological polar surface area (TPSA) is 12.0 Å². The number of nitrogens with one attached hydrogen (secondary N) is 1. The average molecular weight is 279 g/mol. The summed E-state index contributed by atoms with van der Waals surface area (Å²) < 4.78 is 14.5. The highest BCUT2D eigenvalue weighted by molar-refractivity contribution is 5.98. The summed E-state index contributed by atoms with van der Waals surface area (Å²) in [7, 11) is 1.86. The van der Waals surface area contributed by atoms with Crippen LogP contribution in [0.5, 0.6) is 0 Å². The van der Waals surface area contributed by atoms with Crippen LogP contribution < -0.4 is 5.32 Å². The highest BCUT2D eigenvalue weighted by Crippen LogP contribution is 2.33. The number of halogens is 1. The van der Waals surface area contributed by atoms with Gasteiger partial charge in [0, 0.05) is 12.1 Å². The molecule has 0 aromatic heterocycles. The van der Waals surface area contributed by atoms with Crippen LogP contribution in [0.15, 0.2) is 54.6 Å². The molecule has 106 valence electrons. The monoisotopic (exact) mass is 279 g/mol. The van der Waals surface area contributed by atoms with Crippen molar-refractivity contribution in [1.29, 1.82) is 0 Å². The van der Waals surface area contributed by atoms with Crippen LogP contribution in [0.4, 0.5) is 4.39 Å². The summed E-state index contributed by atoms with van der Waals surface area (Å²) in [5.41, 5.74) is 3.70. The molecule has 3 rings (SSSR count). The van der Waals surface area contributed by atoms with Crippen molar-refractivity contribution in [1.82, 2.24) is 5.32 Å². The SMILES string of the molecule is CNCc1ccc(-c2c(C)ccc3ccccc23)c(F)c1. The van der Waals surface area contributed by atoms with E-state index >= 15 is 0 Å². The molecule has 0 saturated carbocycles. The molecule has 1 N–H and O–H groups in total. The Morgan fingerprint density at radius 2 is 1.81 bits per heavy atom. The van der Waals surface area contributed by atoms with Crippen molar-refractivity contribution in [2.45, 2.75) is 13.5 Å². The molecular formula is C19H18FN. The second-order valence-corrected chi connectivity index (χ2v) is 5.32. The van der Waals surface area contributed by atoms with Gasteiger partial charge in [-0.3, -0.25) is 0 Å². The summed E-state index contributed by atoms with van der Waals surface area (Å²) in [5, 5.41) is 5.28. The van der Waals surface area contributed by atoms with E-state index in [1.165, 1.54) is 0 Å². The van der Waals surface area contributed by atoms with E-state index < -0.39 is 0 Å². The fraction of sp³-hybridized carbons (Fsp3) is 0.158. The van der Waals surface area contributed by atoms with Crippen molar-refractivity contribution in [2.75, 3.05) is 7.05 Å². The highest BCUT2D eigenvalue weighted by atomic mass is 19.1. The standard InChI is InChI=1S/C19H18FN/c1-13-7-9-15-5-3-4-6-16(15)19(13)17-10-8-14(12-21-2)11-18(17)20/h3-11,21H,12H2,1-2H3. The molecule has 2 heteroatoms. The lowest BCUT2D eigenvalue weighted by molar-refractivity contribution is 0.627. The Morgan fingerprint density at radius 1 is 1.00 bits per heavy atom. The molecule has 1 nitrogen and oxygen atoms in total. The minimum atomic E-state index is -0.165. The molecule has 0 atom stereocenters. The predicted octanol–water partition coefficient (Wildman–Crippen LogP) is 4.67. The van der Waals surface area contributed by atoms with E-state index in [0.29, 0.717) is 12.1 Å². The smallest absolute Gasteiger partial charge is 0.131 e. The van der Waals surface area contributed by atoms with Gasteiger partial charge in [-0.15, -0.1) is 0 Å². The second-order valence-electron chi connectivity index (χ2n) is 5.32. The second kappa shape index (κ2) is 5.66. The minimum absolute atomic E-state index is 0.165. The number of hydrogen-bond acceptors (Lipinski definition) is 1. The van der Waals surface area contributed by atoms with Crippen molar-refractivity contribution >= 4 is 10.8 Å². The lowest BCUT2D eigenvalue weighted by Crippen LogP contribution is -2.05. The van der Waals surface area contributed by atoms with Crippen LogP contribution >= 0.6 is 0 Å². The summed E-state index contributed by atoms with van der Waals surface area (Å²) in [5.74, 6) is -0.165. The van der Waals surface area contributed by atoms with Gasteiger partial charge in [-0.2, -0.15) is 0 Å². The van der Waals surface area contributed by atoms with Gasteiger partial charge in [-0.05, 0) is 47.5 Å². The maximum absolute atomic E-state index is 14.5. The summed E-state index contributed by atoms with van der Waals surface area (Å²) in [6.45, 7) is 2.70. The third kappa shape index (κ3) is 2.55. The van der Waals surface area contributed by atoms with E-state index in [0.717, 1.165) is 27.5 Å². The lowest BCUT2D eigenvalue weighted by atomic mass is 9.93. The van der Waals surface area contributed by atoms with E-state index in [4.69, 9.17) is 0 Å². The van der Waals surface area contributed by atoms with Gasteiger partial charge in [-0.25, -0.2) is 4.39 Å². The zero-order chi connectivity index (χ0) is 14.8. The first kappa shape index (κ1) is 13.8. The van der Waals surface area contributed by atoms with E-state index in [1.807, 2.05) is 38.2 Å². The molecule has 21 heavy (non-hydrogen) atoms. The number of benzene rings is 3. The van der Waals surface area contributed by atoms with Crippen molar-refractivity contribution in [3.8, 4) is 11.1 Å². The van der Waals surface area contributed by atoms with Crippen LogP contribution in [-0.4, -0.2) is 7.05 Å². The number of rotatable bonds is 3. The molecule has 0 aliphatic heterocycles. The van der Waals surface area contributed by atoms with Gasteiger partial charge >= 0.3 is 0 Å². The van der Waals surface area contributed by atoms with Crippen molar-refractivity contribution in [3.05, 3.63) is 71.5 Å². The van der Waals surface area contributed by atoms with Crippen LogP contribution in [0.25, 0.3) is 21.9 Å². The normalized spacial score (nSPS) is 11.0. The fourth-order valence-electron chi connectivity index (χ4n) is 2.81. The van der Waals surface area contributed by atoms with Gasteiger partial charge in [-0.1, -0.05) is 48.5 Å². The number of fused-ring (bicyclic) bond motifs is 1. The molecule has 0 aliphatic carbocycles. The zero-order valence-electron chi connectivity index (χ0n) is 12.3.